The molecular weight excluding hydrogens is 374 g/mol. The van der Waals surface area contributed by atoms with Gasteiger partial charge in [-0.2, -0.15) is 9.50 Å². The first-order valence-electron chi connectivity index (χ1n) is 8.95. The fourth-order valence-corrected chi connectivity index (χ4v) is 3.62. The first kappa shape index (κ1) is 16.8. The molecule has 0 amide bonds. The summed E-state index contributed by atoms with van der Waals surface area (Å²) in [5.41, 5.74) is 2.39. The first-order chi connectivity index (χ1) is 13.7. The van der Waals surface area contributed by atoms with Crippen LogP contribution in [0.4, 0.5) is 0 Å². The number of rotatable bonds is 3. The molecule has 4 aromatic rings. The van der Waals surface area contributed by atoms with Gasteiger partial charge in [0.1, 0.15) is 0 Å². The lowest BCUT2D eigenvalue weighted by atomic mass is 10.2. The summed E-state index contributed by atoms with van der Waals surface area (Å²) in [4.78, 5) is 21.7. The van der Waals surface area contributed by atoms with Crippen LogP contribution in [-0.2, 0) is 6.54 Å². The normalized spacial score (nSPS) is 14.0. The van der Waals surface area contributed by atoms with Crippen molar-refractivity contribution in [3.05, 3.63) is 93.8 Å². The minimum Gasteiger partial charge on any atom is -0.341 e. The van der Waals surface area contributed by atoms with Crippen molar-refractivity contribution < 1.29 is 0 Å². The molecule has 1 aliphatic carbocycles. The molecule has 0 spiro atoms. The van der Waals surface area contributed by atoms with E-state index in [9.17, 15) is 4.79 Å². The third kappa shape index (κ3) is 2.88. The van der Waals surface area contributed by atoms with E-state index >= 15 is 0 Å². The van der Waals surface area contributed by atoms with Crippen LogP contribution in [-0.4, -0.2) is 24.1 Å². The van der Waals surface area contributed by atoms with Gasteiger partial charge in [-0.25, -0.2) is 4.98 Å². The van der Waals surface area contributed by atoms with Crippen molar-refractivity contribution in [2.75, 3.05) is 0 Å². The number of aromatic nitrogens is 5. The number of aromatic amines is 1. The summed E-state index contributed by atoms with van der Waals surface area (Å²) in [5, 5.41) is 4.72. The average Bonchev–Trinajstić information content (AvgIpc) is 3.19. The Morgan fingerprint density at radius 2 is 2.11 bits per heavy atom. The smallest absolute Gasteiger partial charge is 0.274 e. The Labute approximate surface area is 165 Å². The molecule has 6 nitrogen and oxygen atoms in total. The van der Waals surface area contributed by atoms with Gasteiger partial charge in [-0.15, -0.1) is 0 Å². The second-order valence-electron chi connectivity index (χ2n) is 6.59. The average molecular weight is 390 g/mol. The Morgan fingerprint density at radius 1 is 1.18 bits per heavy atom. The predicted octanol–water partition coefficient (Wildman–Crippen LogP) is 3.97. The summed E-state index contributed by atoms with van der Waals surface area (Å²) in [7, 11) is 0. The van der Waals surface area contributed by atoms with Crippen LogP contribution in [0.15, 0.2) is 71.7 Å². The van der Waals surface area contributed by atoms with Crippen molar-refractivity contribution in [2.45, 2.75) is 13.0 Å². The van der Waals surface area contributed by atoms with Crippen LogP contribution < -0.4 is 5.56 Å². The van der Waals surface area contributed by atoms with E-state index < -0.39 is 0 Å². The molecule has 7 heteroatoms. The second-order valence-corrected chi connectivity index (χ2v) is 7.00. The van der Waals surface area contributed by atoms with Gasteiger partial charge in [0.2, 0.25) is 0 Å². The second kappa shape index (κ2) is 6.65. The Hall–Kier alpha value is -3.38. The zero-order valence-corrected chi connectivity index (χ0v) is 15.6. The van der Waals surface area contributed by atoms with E-state index in [1.165, 1.54) is 10.6 Å². The number of benzene rings is 1. The Bertz CT molecular complexity index is 1350. The minimum absolute atomic E-state index is 0.190. The van der Waals surface area contributed by atoms with Crippen molar-refractivity contribution in [3.63, 3.8) is 0 Å². The topological polar surface area (TPSA) is 68.0 Å². The molecule has 28 heavy (non-hydrogen) atoms. The number of hydrogen-bond donors (Lipinski definition) is 1. The highest BCUT2D eigenvalue weighted by atomic mass is 35.5. The van der Waals surface area contributed by atoms with E-state index in [2.05, 4.69) is 27.2 Å². The quantitative estimate of drug-likeness (QED) is 0.576. The Balaban J connectivity index is 1.55. The molecule has 3 aromatic heterocycles. The number of hydrogen-bond acceptors (Lipinski definition) is 3. The maximum absolute atomic E-state index is 12.6. The third-order valence-electron chi connectivity index (χ3n) is 4.75. The summed E-state index contributed by atoms with van der Waals surface area (Å²) < 4.78 is 3.39. The van der Waals surface area contributed by atoms with Crippen molar-refractivity contribution >= 4 is 33.9 Å². The zero-order valence-electron chi connectivity index (χ0n) is 14.8. The van der Waals surface area contributed by atoms with Crippen LogP contribution in [0, 0.1) is 0 Å². The van der Waals surface area contributed by atoms with Crippen LogP contribution in [0.1, 0.15) is 17.9 Å². The van der Waals surface area contributed by atoms with Gasteiger partial charge in [0.15, 0.2) is 5.82 Å². The lowest BCUT2D eigenvalue weighted by Gasteiger charge is -2.05. The number of H-pyrrole nitrogens is 1. The maximum Gasteiger partial charge on any atom is 0.274 e. The van der Waals surface area contributed by atoms with Gasteiger partial charge in [-0.1, -0.05) is 48.0 Å². The molecule has 1 aromatic carbocycles. The number of nitrogens with zero attached hydrogens (tertiary/aromatic N) is 4. The zero-order chi connectivity index (χ0) is 19.1. The Kier molecular flexibility index (Phi) is 3.98. The molecular formula is C21H16ClN5O. The van der Waals surface area contributed by atoms with E-state index in [-0.39, 0.29) is 5.56 Å². The number of fused-ring (bicyclic) bond motifs is 2. The van der Waals surface area contributed by atoms with E-state index in [0.29, 0.717) is 28.9 Å². The highest BCUT2D eigenvalue weighted by molar-refractivity contribution is 6.35. The number of halogens is 1. The molecule has 5 rings (SSSR count). The van der Waals surface area contributed by atoms with Crippen molar-refractivity contribution in [1.82, 2.24) is 24.1 Å². The number of nitrogens with one attached hydrogen (secondary N) is 1. The summed E-state index contributed by atoms with van der Waals surface area (Å²) in [5.74, 6) is 0.985. The molecule has 1 N–H and O–H groups in total. The fraction of sp³-hybridized carbons (Fsp3) is 0.0952. The molecule has 0 radical (unpaired) electrons. The molecule has 0 saturated carbocycles. The fourth-order valence-electron chi connectivity index (χ4n) is 3.39. The minimum atomic E-state index is -0.190. The van der Waals surface area contributed by atoms with Crippen LogP contribution in [0.5, 0.6) is 0 Å². The van der Waals surface area contributed by atoms with Crippen LogP contribution in [0.25, 0.3) is 22.3 Å². The lowest BCUT2D eigenvalue weighted by molar-refractivity contribution is 0.788. The molecule has 0 fully saturated rings. The molecule has 0 aliphatic heterocycles. The first-order valence-corrected chi connectivity index (χ1v) is 9.33. The third-order valence-corrected chi connectivity index (χ3v) is 5.08. The van der Waals surface area contributed by atoms with Gasteiger partial charge in [-0.05, 0) is 24.6 Å². The largest absolute Gasteiger partial charge is 0.341 e. The predicted molar refractivity (Wildman–Crippen MR) is 111 cm³/mol. The van der Waals surface area contributed by atoms with E-state index in [0.717, 1.165) is 22.9 Å². The molecule has 138 valence electrons. The van der Waals surface area contributed by atoms with E-state index in [1.54, 1.807) is 0 Å². The molecule has 0 bridgehead atoms. The molecule has 1 aliphatic rings. The standard InChI is InChI=1S/C21H16ClN5O/c22-17-8-5-9-18-16(17)10-11-26(18)13-15-12-19(28)27-21(23-15)24-20(25-27)14-6-3-1-2-4-7-14/h1-3,5-12H,4,13H2,(H,23,24,25). The maximum atomic E-state index is 12.6. The summed E-state index contributed by atoms with van der Waals surface area (Å²) >= 11 is 6.25. The summed E-state index contributed by atoms with van der Waals surface area (Å²) in [6.45, 7) is 0.463. The molecule has 0 saturated heterocycles. The highest BCUT2D eigenvalue weighted by Gasteiger charge is 2.12. The number of allylic oxidation sites excluding steroid dienone is 6. The molecule has 3 heterocycles. The molecule has 0 unspecified atom stereocenters. The van der Waals surface area contributed by atoms with Gasteiger partial charge in [-0.3, -0.25) is 9.89 Å². The molecule has 0 atom stereocenters. The van der Waals surface area contributed by atoms with Crippen LogP contribution in [0.3, 0.4) is 0 Å². The monoisotopic (exact) mass is 389 g/mol. The van der Waals surface area contributed by atoms with Crippen LogP contribution in [0.2, 0.25) is 5.02 Å². The SMILES string of the molecule is O=c1cc(Cn2ccc3c(Cl)cccc32)nc2nc(C3=CCC=CC=C3)[nH]n12. The van der Waals surface area contributed by atoms with E-state index in [4.69, 9.17) is 11.6 Å². The van der Waals surface area contributed by atoms with Gasteiger partial charge in [0, 0.05) is 33.8 Å². The van der Waals surface area contributed by atoms with Crippen LogP contribution >= 0.6 is 11.6 Å². The summed E-state index contributed by atoms with van der Waals surface area (Å²) in [6, 6.07) is 9.27. The van der Waals surface area contributed by atoms with E-state index in [1.807, 2.05) is 53.3 Å². The highest BCUT2D eigenvalue weighted by Crippen LogP contribution is 2.24. The van der Waals surface area contributed by atoms with Crippen molar-refractivity contribution in [1.29, 1.82) is 0 Å². The van der Waals surface area contributed by atoms with Gasteiger partial charge < -0.3 is 4.57 Å². The van der Waals surface area contributed by atoms with Gasteiger partial charge in [0.25, 0.3) is 11.3 Å². The van der Waals surface area contributed by atoms with Gasteiger partial charge in [0.05, 0.1) is 12.2 Å². The Morgan fingerprint density at radius 3 is 3.04 bits per heavy atom. The van der Waals surface area contributed by atoms with Crippen molar-refractivity contribution in [2.24, 2.45) is 0 Å². The lowest BCUT2D eigenvalue weighted by Crippen LogP contribution is -2.17. The van der Waals surface area contributed by atoms with Crippen molar-refractivity contribution in [3.8, 4) is 0 Å². The summed E-state index contributed by atoms with van der Waals surface area (Å²) in [6.07, 6.45) is 12.8. The van der Waals surface area contributed by atoms with Gasteiger partial charge >= 0.3 is 0 Å².